The molecular weight excluding hydrogens is 252 g/mol. The fraction of sp³-hybridized carbons (Fsp3) is 0.562. The molecule has 1 unspecified atom stereocenters. The molecule has 4 nitrogen and oxygen atoms in total. The Morgan fingerprint density at radius 1 is 1.45 bits per heavy atom. The molecule has 1 N–H and O–H groups in total. The number of rotatable bonds is 5. The third-order valence-corrected chi connectivity index (χ3v) is 4.00. The average molecular weight is 274 g/mol. The molecule has 108 valence electrons. The highest BCUT2D eigenvalue weighted by Crippen LogP contribution is 2.22. The van der Waals surface area contributed by atoms with Crippen molar-refractivity contribution in [3.63, 3.8) is 0 Å². The van der Waals surface area contributed by atoms with E-state index in [1.165, 1.54) is 0 Å². The van der Waals surface area contributed by atoms with Gasteiger partial charge in [-0.1, -0.05) is 6.07 Å². The van der Waals surface area contributed by atoms with E-state index in [-0.39, 0.29) is 0 Å². The van der Waals surface area contributed by atoms with Crippen LogP contribution < -0.4 is 10.1 Å². The largest absolute Gasteiger partial charge is 0.496 e. The van der Waals surface area contributed by atoms with Crippen molar-refractivity contribution in [2.75, 3.05) is 20.3 Å². The zero-order valence-electron chi connectivity index (χ0n) is 12.2. The van der Waals surface area contributed by atoms with E-state index in [9.17, 15) is 0 Å². The molecule has 1 atom stereocenters. The summed E-state index contributed by atoms with van der Waals surface area (Å²) in [6.45, 7) is 4.73. The average Bonchev–Trinajstić information content (AvgIpc) is 2.53. The lowest BCUT2D eigenvalue weighted by atomic mass is 9.93. The van der Waals surface area contributed by atoms with E-state index in [1.807, 2.05) is 12.1 Å². The molecule has 1 saturated heterocycles. The minimum absolute atomic E-state index is 0.458. The van der Waals surface area contributed by atoms with Gasteiger partial charge in [0.1, 0.15) is 5.75 Å². The summed E-state index contributed by atoms with van der Waals surface area (Å²) in [7, 11) is 1.64. The van der Waals surface area contributed by atoms with Gasteiger partial charge in [-0.25, -0.2) is 0 Å². The predicted octanol–water partition coefficient (Wildman–Crippen LogP) is 2.47. The third kappa shape index (κ3) is 3.72. The highest BCUT2D eigenvalue weighted by atomic mass is 16.5. The molecule has 1 aliphatic heterocycles. The Kier molecular flexibility index (Phi) is 5.40. The Hall–Kier alpha value is -1.57. The van der Waals surface area contributed by atoms with Gasteiger partial charge in [0.2, 0.25) is 0 Å². The lowest BCUT2D eigenvalue weighted by molar-refractivity contribution is 0.0557. The van der Waals surface area contributed by atoms with E-state index in [0.29, 0.717) is 17.5 Å². The lowest BCUT2D eigenvalue weighted by Crippen LogP contribution is -2.36. The zero-order chi connectivity index (χ0) is 14.4. The summed E-state index contributed by atoms with van der Waals surface area (Å²) < 4.78 is 10.8. The van der Waals surface area contributed by atoms with Crippen LogP contribution in [0, 0.1) is 17.2 Å². The Labute approximate surface area is 120 Å². The topological polar surface area (TPSA) is 54.3 Å². The normalized spacial score (nSPS) is 17.4. The van der Waals surface area contributed by atoms with E-state index >= 15 is 0 Å². The van der Waals surface area contributed by atoms with Crippen LogP contribution in [-0.2, 0) is 11.3 Å². The number of nitrogens with one attached hydrogen (secondary N) is 1. The number of nitriles is 1. The Bertz CT molecular complexity index is 476. The number of benzene rings is 1. The van der Waals surface area contributed by atoms with Crippen molar-refractivity contribution >= 4 is 0 Å². The molecule has 0 aromatic heterocycles. The van der Waals surface area contributed by atoms with Gasteiger partial charge in [-0.05, 0) is 37.8 Å². The van der Waals surface area contributed by atoms with E-state index < -0.39 is 0 Å². The fourth-order valence-corrected chi connectivity index (χ4v) is 2.61. The summed E-state index contributed by atoms with van der Waals surface area (Å²) in [6.07, 6.45) is 2.25. The van der Waals surface area contributed by atoms with Crippen molar-refractivity contribution in [3.05, 3.63) is 29.3 Å². The molecule has 1 heterocycles. The van der Waals surface area contributed by atoms with Crippen LogP contribution in [0.2, 0.25) is 0 Å². The van der Waals surface area contributed by atoms with Gasteiger partial charge in [0.05, 0.1) is 18.7 Å². The van der Waals surface area contributed by atoms with Crippen LogP contribution in [0.25, 0.3) is 0 Å². The second-order valence-corrected chi connectivity index (χ2v) is 5.26. The molecule has 1 aromatic carbocycles. The maximum absolute atomic E-state index is 8.90. The highest BCUT2D eigenvalue weighted by Gasteiger charge is 2.20. The molecule has 20 heavy (non-hydrogen) atoms. The first-order chi connectivity index (χ1) is 9.74. The SMILES string of the molecule is COc1cc(C#N)ccc1CNC(C)C1CCOCC1. The molecule has 1 aliphatic rings. The maximum atomic E-state index is 8.90. The summed E-state index contributed by atoms with van der Waals surface area (Å²) in [5, 5.41) is 12.5. The lowest BCUT2D eigenvalue weighted by Gasteiger charge is -2.28. The highest BCUT2D eigenvalue weighted by molar-refractivity contribution is 5.42. The summed E-state index contributed by atoms with van der Waals surface area (Å²) in [5.74, 6) is 1.45. The molecule has 0 radical (unpaired) electrons. The van der Waals surface area contributed by atoms with Gasteiger partial charge in [0, 0.05) is 31.4 Å². The standard InChI is InChI=1S/C16H22N2O2/c1-12(14-5-7-20-8-6-14)18-11-15-4-3-13(10-17)9-16(15)19-2/h3-4,9,12,14,18H,5-8,11H2,1-2H3. The molecule has 1 fully saturated rings. The molecule has 0 aliphatic carbocycles. The molecule has 2 rings (SSSR count). The van der Waals surface area contributed by atoms with Crippen molar-refractivity contribution in [2.45, 2.75) is 32.4 Å². The number of nitrogens with zero attached hydrogens (tertiary/aromatic N) is 1. The van der Waals surface area contributed by atoms with E-state index in [2.05, 4.69) is 18.3 Å². The van der Waals surface area contributed by atoms with Crippen LogP contribution in [0.1, 0.15) is 30.9 Å². The predicted molar refractivity (Wildman–Crippen MR) is 77.6 cm³/mol. The Morgan fingerprint density at radius 2 is 2.20 bits per heavy atom. The van der Waals surface area contributed by atoms with Gasteiger partial charge in [-0.2, -0.15) is 5.26 Å². The van der Waals surface area contributed by atoms with Crippen molar-refractivity contribution < 1.29 is 9.47 Å². The van der Waals surface area contributed by atoms with E-state index in [1.54, 1.807) is 13.2 Å². The summed E-state index contributed by atoms with van der Waals surface area (Å²) >= 11 is 0. The molecule has 0 saturated carbocycles. The van der Waals surface area contributed by atoms with Crippen LogP contribution >= 0.6 is 0 Å². The first kappa shape index (κ1) is 14.8. The smallest absolute Gasteiger partial charge is 0.124 e. The van der Waals surface area contributed by atoms with Crippen LogP contribution in [0.3, 0.4) is 0 Å². The van der Waals surface area contributed by atoms with Crippen LogP contribution in [-0.4, -0.2) is 26.4 Å². The minimum Gasteiger partial charge on any atom is -0.496 e. The number of ether oxygens (including phenoxy) is 2. The molecule has 0 spiro atoms. The summed E-state index contributed by atoms with van der Waals surface area (Å²) in [6, 6.07) is 8.17. The molecule has 1 aromatic rings. The van der Waals surface area contributed by atoms with Crippen molar-refractivity contribution in [1.82, 2.24) is 5.32 Å². The minimum atomic E-state index is 0.458. The van der Waals surface area contributed by atoms with Crippen LogP contribution in [0.5, 0.6) is 5.75 Å². The van der Waals surface area contributed by atoms with Gasteiger partial charge in [0.25, 0.3) is 0 Å². The Morgan fingerprint density at radius 3 is 2.85 bits per heavy atom. The number of hydrogen-bond donors (Lipinski definition) is 1. The maximum Gasteiger partial charge on any atom is 0.124 e. The van der Waals surface area contributed by atoms with E-state index in [4.69, 9.17) is 14.7 Å². The van der Waals surface area contributed by atoms with Gasteiger partial charge in [0.15, 0.2) is 0 Å². The van der Waals surface area contributed by atoms with Gasteiger partial charge >= 0.3 is 0 Å². The quantitative estimate of drug-likeness (QED) is 0.896. The number of methoxy groups -OCH3 is 1. The molecule has 0 bridgehead atoms. The first-order valence-electron chi connectivity index (χ1n) is 7.12. The van der Waals surface area contributed by atoms with Gasteiger partial charge < -0.3 is 14.8 Å². The second-order valence-electron chi connectivity index (χ2n) is 5.26. The zero-order valence-corrected chi connectivity index (χ0v) is 12.2. The molecule has 4 heteroatoms. The number of hydrogen-bond acceptors (Lipinski definition) is 4. The summed E-state index contributed by atoms with van der Waals surface area (Å²) in [5.41, 5.74) is 1.72. The molecule has 0 amide bonds. The third-order valence-electron chi connectivity index (χ3n) is 4.00. The Balaban J connectivity index is 1.94. The monoisotopic (exact) mass is 274 g/mol. The van der Waals surface area contributed by atoms with Gasteiger partial charge in [-0.15, -0.1) is 0 Å². The summed E-state index contributed by atoms with van der Waals surface area (Å²) in [4.78, 5) is 0. The van der Waals surface area contributed by atoms with Crippen molar-refractivity contribution in [3.8, 4) is 11.8 Å². The fourth-order valence-electron chi connectivity index (χ4n) is 2.61. The second kappa shape index (κ2) is 7.28. The van der Waals surface area contributed by atoms with Crippen molar-refractivity contribution in [1.29, 1.82) is 5.26 Å². The van der Waals surface area contributed by atoms with Crippen LogP contribution in [0.15, 0.2) is 18.2 Å². The first-order valence-corrected chi connectivity index (χ1v) is 7.12. The van der Waals surface area contributed by atoms with Gasteiger partial charge in [-0.3, -0.25) is 0 Å². The van der Waals surface area contributed by atoms with Crippen LogP contribution in [0.4, 0.5) is 0 Å². The van der Waals surface area contributed by atoms with E-state index in [0.717, 1.165) is 43.9 Å². The van der Waals surface area contributed by atoms with Crippen molar-refractivity contribution in [2.24, 2.45) is 5.92 Å². The molecular formula is C16H22N2O2.